The number of hydrogen-bond acceptors (Lipinski definition) is 5. The number of amides is 3. The Labute approximate surface area is 226 Å². The Hall–Kier alpha value is -4.43. The summed E-state index contributed by atoms with van der Waals surface area (Å²) in [6, 6.07) is 22.0. The van der Waals surface area contributed by atoms with E-state index < -0.39 is 11.9 Å². The molecule has 1 saturated heterocycles. The zero-order chi connectivity index (χ0) is 27.1. The molecule has 0 bridgehead atoms. The molecule has 39 heavy (non-hydrogen) atoms. The fourth-order valence-electron chi connectivity index (χ4n) is 5.91. The van der Waals surface area contributed by atoms with Crippen molar-refractivity contribution >= 4 is 34.4 Å². The lowest BCUT2D eigenvalue weighted by Gasteiger charge is -2.34. The molecule has 1 unspecified atom stereocenters. The fourth-order valence-corrected chi connectivity index (χ4v) is 5.91. The van der Waals surface area contributed by atoms with Crippen LogP contribution in [0.1, 0.15) is 47.5 Å². The number of urea groups is 1. The van der Waals surface area contributed by atoms with Gasteiger partial charge in [0.05, 0.1) is 11.7 Å². The first-order valence-corrected chi connectivity index (χ1v) is 13.3. The van der Waals surface area contributed by atoms with Crippen LogP contribution in [-0.2, 0) is 4.79 Å². The van der Waals surface area contributed by atoms with E-state index in [0.29, 0.717) is 30.0 Å². The van der Waals surface area contributed by atoms with Crippen LogP contribution in [0.3, 0.4) is 0 Å². The zero-order valence-corrected chi connectivity index (χ0v) is 21.7. The van der Waals surface area contributed by atoms with Crippen LogP contribution in [-0.4, -0.2) is 48.3 Å². The Kier molecular flexibility index (Phi) is 6.40. The van der Waals surface area contributed by atoms with Gasteiger partial charge in [-0.3, -0.25) is 19.4 Å². The Bertz CT molecular complexity index is 1580. The monoisotopic (exact) mass is 522 g/mol. The maximum absolute atomic E-state index is 13.6. The van der Waals surface area contributed by atoms with E-state index in [2.05, 4.69) is 10.2 Å². The predicted molar refractivity (Wildman–Crippen MR) is 150 cm³/mol. The standard InChI is InChI=1S/C31H30N4O4/c1-19(36)25-14-7-15-34(25)16-17-35-27-24-13-6-12-23(21-10-5-11-22(18-21)30(32)37)28(24)39-29(27)26(33-31(35)38)20-8-3-2-4-9-20/h2-6,8-13,18,25-26H,7,14-17H2,1H3,(H2,32,37)(H,33,38)/t25-,26?/m1/s1. The highest BCUT2D eigenvalue weighted by molar-refractivity contribution is 6.09. The van der Waals surface area contributed by atoms with Gasteiger partial charge in [0.25, 0.3) is 0 Å². The first-order chi connectivity index (χ1) is 18.9. The van der Waals surface area contributed by atoms with Gasteiger partial charge in [-0.25, -0.2) is 4.79 Å². The van der Waals surface area contributed by atoms with Crippen molar-refractivity contribution in [2.24, 2.45) is 5.73 Å². The number of Topliss-reactive ketones (excluding diaryl/α,β-unsaturated/α-hetero) is 1. The summed E-state index contributed by atoms with van der Waals surface area (Å²) in [6.45, 7) is 3.48. The molecule has 0 spiro atoms. The van der Waals surface area contributed by atoms with E-state index in [-0.39, 0.29) is 17.9 Å². The molecule has 2 aliphatic rings. The van der Waals surface area contributed by atoms with Gasteiger partial charge in [0.1, 0.15) is 17.4 Å². The highest BCUT2D eigenvalue weighted by Crippen LogP contribution is 2.45. The van der Waals surface area contributed by atoms with Crippen molar-refractivity contribution in [3.8, 4) is 11.1 Å². The molecule has 0 aliphatic carbocycles. The summed E-state index contributed by atoms with van der Waals surface area (Å²) in [6.07, 6.45) is 1.82. The number of nitrogens with two attached hydrogens (primary N) is 1. The summed E-state index contributed by atoms with van der Waals surface area (Å²) in [5, 5.41) is 3.95. The van der Waals surface area contributed by atoms with Crippen LogP contribution in [0.25, 0.3) is 22.1 Å². The number of nitrogens with one attached hydrogen (secondary N) is 1. The topological polar surface area (TPSA) is 109 Å². The van der Waals surface area contributed by atoms with Crippen molar-refractivity contribution in [2.75, 3.05) is 24.5 Å². The second-order valence-corrected chi connectivity index (χ2v) is 10.2. The number of carbonyl (C=O) groups is 3. The molecule has 6 rings (SSSR count). The van der Waals surface area contributed by atoms with E-state index in [0.717, 1.165) is 47.2 Å². The molecule has 3 N–H and O–H groups in total. The van der Waals surface area contributed by atoms with Gasteiger partial charge in [0.2, 0.25) is 5.91 Å². The maximum atomic E-state index is 13.6. The molecular weight excluding hydrogens is 492 g/mol. The van der Waals surface area contributed by atoms with Gasteiger partial charge in [0.15, 0.2) is 5.76 Å². The molecule has 8 heteroatoms. The number of fused-ring (bicyclic) bond motifs is 3. The summed E-state index contributed by atoms with van der Waals surface area (Å²) in [7, 11) is 0. The molecular formula is C31H30N4O4. The Morgan fingerprint density at radius 2 is 1.82 bits per heavy atom. The van der Waals surface area contributed by atoms with Crippen molar-refractivity contribution in [1.29, 1.82) is 0 Å². The fraction of sp³-hybridized carbons (Fsp3) is 0.258. The number of hydrogen-bond donors (Lipinski definition) is 2. The molecule has 3 amide bonds. The van der Waals surface area contributed by atoms with Gasteiger partial charge in [0, 0.05) is 29.6 Å². The lowest BCUT2D eigenvalue weighted by Crippen LogP contribution is -2.50. The van der Waals surface area contributed by atoms with Crippen LogP contribution < -0.4 is 16.0 Å². The number of ketones is 1. The Morgan fingerprint density at radius 1 is 1.03 bits per heavy atom. The number of para-hydroxylation sites is 1. The van der Waals surface area contributed by atoms with E-state index in [1.54, 1.807) is 30.0 Å². The third kappa shape index (κ3) is 4.46. The average molecular weight is 523 g/mol. The van der Waals surface area contributed by atoms with Gasteiger partial charge in [-0.15, -0.1) is 0 Å². The van der Waals surface area contributed by atoms with Gasteiger partial charge in [-0.05, 0) is 55.6 Å². The lowest BCUT2D eigenvalue weighted by molar-refractivity contribution is -0.121. The number of likely N-dealkylation sites (tertiary alicyclic amines) is 1. The number of carbonyl (C=O) groups excluding carboxylic acids is 3. The van der Waals surface area contributed by atoms with E-state index in [9.17, 15) is 14.4 Å². The zero-order valence-electron chi connectivity index (χ0n) is 21.7. The van der Waals surface area contributed by atoms with Crippen LogP contribution in [0, 0.1) is 0 Å². The minimum Gasteiger partial charge on any atom is -0.456 e. The van der Waals surface area contributed by atoms with Crippen LogP contribution in [0.15, 0.2) is 77.2 Å². The van der Waals surface area contributed by atoms with Gasteiger partial charge in [-0.1, -0.05) is 54.6 Å². The third-order valence-corrected chi connectivity index (χ3v) is 7.80. The molecule has 0 saturated carbocycles. The predicted octanol–water partition coefficient (Wildman–Crippen LogP) is 4.87. The molecule has 0 radical (unpaired) electrons. The van der Waals surface area contributed by atoms with Crippen LogP contribution in [0.5, 0.6) is 0 Å². The van der Waals surface area contributed by atoms with Crippen molar-refractivity contribution in [3.05, 3.63) is 89.7 Å². The SMILES string of the molecule is CC(=O)[C@H]1CCCN1CCN1C(=O)NC(c2ccccc2)c2oc3c(-c4cccc(C(N)=O)c4)cccc3c21. The van der Waals surface area contributed by atoms with E-state index >= 15 is 0 Å². The number of rotatable bonds is 7. The van der Waals surface area contributed by atoms with Crippen molar-refractivity contribution in [2.45, 2.75) is 31.8 Å². The lowest BCUT2D eigenvalue weighted by atomic mass is 9.98. The number of primary amides is 1. The molecule has 1 fully saturated rings. The Morgan fingerprint density at radius 3 is 2.59 bits per heavy atom. The van der Waals surface area contributed by atoms with Gasteiger partial charge < -0.3 is 15.5 Å². The minimum absolute atomic E-state index is 0.0976. The number of benzene rings is 3. The molecule has 2 atom stereocenters. The molecule has 3 aromatic carbocycles. The molecule has 8 nitrogen and oxygen atoms in total. The summed E-state index contributed by atoms with van der Waals surface area (Å²) in [5.41, 5.74) is 9.84. The number of nitrogens with zero attached hydrogens (tertiary/aromatic N) is 2. The largest absolute Gasteiger partial charge is 0.456 e. The average Bonchev–Trinajstić information content (AvgIpc) is 3.58. The quantitative estimate of drug-likeness (QED) is 0.360. The molecule has 3 heterocycles. The maximum Gasteiger partial charge on any atom is 0.322 e. The van der Waals surface area contributed by atoms with Crippen molar-refractivity contribution in [1.82, 2.24) is 10.2 Å². The second kappa shape index (κ2) is 10.0. The Balaban J connectivity index is 1.47. The van der Waals surface area contributed by atoms with Crippen LogP contribution >= 0.6 is 0 Å². The highest BCUT2D eigenvalue weighted by Gasteiger charge is 2.38. The normalized spacial score (nSPS) is 19.2. The minimum atomic E-state index is -0.501. The molecule has 2 aliphatic heterocycles. The van der Waals surface area contributed by atoms with Crippen LogP contribution in [0.2, 0.25) is 0 Å². The van der Waals surface area contributed by atoms with E-state index in [1.807, 2.05) is 54.6 Å². The highest BCUT2D eigenvalue weighted by atomic mass is 16.3. The first kappa shape index (κ1) is 24.9. The van der Waals surface area contributed by atoms with E-state index in [4.69, 9.17) is 10.2 Å². The summed E-state index contributed by atoms with van der Waals surface area (Å²) < 4.78 is 6.61. The first-order valence-electron chi connectivity index (χ1n) is 13.3. The van der Waals surface area contributed by atoms with Crippen molar-refractivity contribution in [3.63, 3.8) is 0 Å². The summed E-state index contributed by atoms with van der Waals surface area (Å²) in [5.74, 6) is 0.314. The second-order valence-electron chi connectivity index (χ2n) is 10.2. The number of furan rings is 1. The van der Waals surface area contributed by atoms with Crippen molar-refractivity contribution < 1.29 is 18.8 Å². The molecule has 4 aromatic rings. The van der Waals surface area contributed by atoms with E-state index in [1.165, 1.54) is 0 Å². The van der Waals surface area contributed by atoms with Crippen LogP contribution in [0.4, 0.5) is 10.5 Å². The summed E-state index contributed by atoms with van der Waals surface area (Å²) >= 11 is 0. The smallest absolute Gasteiger partial charge is 0.322 e. The number of anilines is 1. The third-order valence-electron chi connectivity index (χ3n) is 7.80. The van der Waals surface area contributed by atoms with Gasteiger partial charge >= 0.3 is 6.03 Å². The molecule has 198 valence electrons. The van der Waals surface area contributed by atoms with Gasteiger partial charge in [-0.2, -0.15) is 0 Å². The summed E-state index contributed by atoms with van der Waals surface area (Å²) in [4.78, 5) is 41.5. The molecule has 1 aromatic heterocycles.